The number of hydrogen-bond donors (Lipinski definition) is 3. The van der Waals surface area contributed by atoms with E-state index >= 15 is 0 Å². The van der Waals surface area contributed by atoms with Crippen LogP contribution in [-0.2, 0) is 31.4 Å². The van der Waals surface area contributed by atoms with Gasteiger partial charge in [0.15, 0.2) is 9.84 Å². The summed E-state index contributed by atoms with van der Waals surface area (Å²) in [5.74, 6) is -3.39. The van der Waals surface area contributed by atoms with Gasteiger partial charge in [0.2, 0.25) is 5.91 Å². The Labute approximate surface area is 262 Å². The van der Waals surface area contributed by atoms with Crippen molar-refractivity contribution in [3.05, 3.63) is 112 Å². The molecule has 10 heteroatoms. The number of carboxylic acids is 1. The highest BCUT2D eigenvalue weighted by Gasteiger charge is 2.24. The van der Waals surface area contributed by atoms with Crippen LogP contribution in [0.15, 0.2) is 78.9 Å². The lowest BCUT2D eigenvalue weighted by molar-refractivity contribution is -0.136. The number of benzene rings is 3. The first-order valence-electron chi connectivity index (χ1n) is 14.2. The topological polar surface area (TPSA) is 134 Å². The molecule has 0 aliphatic rings. The normalized spacial score (nSPS) is 12.8. The molecule has 0 saturated heterocycles. The third kappa shape index (κ3) is 9.47. The van der Waals surface area contributed by atoms with Gasteiger partial charge in [0.05, 0.1) is 35.0 Å². The summed E-state index contributed by atoms with van der Waals surface area (Å²) in [7, 11) is -3.92. The zero-order valence-electron chi connectivity index (χ0n) is 24.5. The van der Waals surface area contributed by atoms with Crippen molar-refractivity contribution in [3.63, 3.8) is 0 Å². The first kappa shape index (κ1) is 32.9. The Morgan fingerprint density at radius 2 is 1.75 bits per heavy atom. The van der Waals surface area contributed by atoms with E-state index in [4.69, 9.17) is 16.7 Å². The zero-order valence-corrected chi connectivity index (χ0v) is 26.1. The van der Waals surface area contributed by atoms with Crippen molar-refractivity contribution in [2.24, 2.45) is 0 Å². The van der Waals surface area contributed by atoms with Crippen molar-refractivity contribution in [1.29, 1.82) is 0 Å². The summed E-state index contributed by atoms with van der Waals surface area (Å²) in [6.45, 7) is 3.42. The summed E-state index contributed by atoms with van der Waals surface area (Å²) in [5.41, 5.74) is 3.74. The van der Waals surface area contributed by atoms with Gasteiger partial charge in [0.1, 0.15) is 5.75 Å². The fourth-order valence-electron chi connectivity index (χ4n) is 4.97. The monoisotopic (exact) mass is 634 g/mol. The molecule has 0 saturated carbocycles. The van der Waals surface area contributed by atoms with Crippen LogP contribution in [0, 0.1) is 0 Å². The van der Waals surface area contributed by atoms with Crippen molar-refractivity contribution in [1.82, 2.24) is 10.3 Å². The Morgan fingerprint density at radius 3 is 2.50 bits per heavy atom. The average Bonchev–Trinajstić information content (AvgIpc) is 2.96. The molecule has 0 aliphatic carbocycles. The van der Waals surface area contributed by atoms with Crippen LogP contribution in [-0.4, -0.2) is 47.0 Å². The zero-order chi connectivity index (χ0) is 31.9. The van der Waals surface area contributed by atoms with Gasteiger partial charge in [-0.1, -0.05) is 72.3 Å². The number of amides is 1. The van der Waals surface area contributed by atoms with Gasteiger partial charge >= 0.3 is 5.97 Å². The largest absolute Gasteiger partial charge is 0.481 e. The minimum Gasteiger partial charge on any atom is -0.481 e. The van der Waals surface area contributed by atoms with Crippen molar-refractivity contribution in [2.75, 3.05) is 11.5 Å². The number of nitrogens with zero attached hydrogens (tertiary/aromatic N) is 1. The maximum atomic E-state index is 12.9. The average molecular weight is 635 g/mol. The molecule has 0 spiro atoms. The van der Waals surface area contributed by atoms with E-state index in [0.29, 0.717) is 17.9 Å². The predicted octanol–water partition coefficient (Wildman–Crippen LogP) is 5.97. The van der Waals surface area contributed by atoms with Crippen LogP contribution in [0.4, 0.5) is 0 Å². The summed E-state index contributed by atoms with van der Waals surface area (Å²) in [4.78, 5) is 28.5. The SMILES string of the molecule is CC(C)(O)c1ccccc1CCC(NC(=O)CS(=O)(=O)CCC(=O)O)c1cccc(/C=C/c2ccc3ccc(Cl)cc3n2)c1. The number of halogens is 1. The molecule has 8 nitrogen and oxygen atoms in total. The van der Waals surface area contributed by atoms with E-state index in [0.717, 1.165) is 38.9 Å². The Hall–Kier alpha value is -4.05. The second-order valence-corrected chi connectivity index (χ2v) is 13.8. The van der Waals surface area contributed by atoms with Gasteiger partial charge in [0, 0.05) is 10.4 Å². The number of rotatable bonds is 13. The number of carbonyl (C=O) groups is 2. The number of carbonyl (C=O) groups excluding carboxylic acids is 1. The Kier molecular flexibility index (Phi) is 10.6. The molecule has 0 radical (unpaired) electrons. The number of aliphatic carboxylic acids is 1. The number of aromatic nitrogens is 1. The smallest absolute Gasteiger partial charge is 0.304 e. The van der Waals surface area contributed by atoms with Crippen LogP contribution in [0.1, 0.15) is 60.7 Å². The molecule has 1 aromatic heterocycles. The lowest BCUT2D eigenvalue weighted by Crippen LogP contribution is -2.35. The number of fused-ring (bicyclic) bond motifs is 1. The molecule has 0 bridgehead atoms. The molecule has 4 aromatic rings. The van der Waals surface area contributed by atoms with Crippen LogP contribution in [0.25, 0.3) is 23.1 Å². The van der Waals surface area contributed by atoms with Crippen LogP contribution in [0.2, 0.25) is 5.02 Å². The van der Waals surface area contributed by atoms with Crippen LogP contribution in [0.5, 0.6) is 0 Å². The van der Waals surface area contributed by atoms with Crippen molar-refractivity contribution >= 4 is 56.4 Å². The van der Waals surface area contributed by atoms with E-state index in [-0.39, 0.29) is 0 Å². The third-order valence-electron chi connectivity index (χ3n) is 7.13. The Morgan fingerprint density at radius 1 is 1.00 bits per heavy atom. The number of aliphatic hydroxyl groups is 1. The molecular formula is C34H35ClN2O6S. The summed E-state index contributed by atoms with van der Waals surface area (Å²) < 4.78 is 24.8. The Bertz CT molecular complexity index is 1800. The molecule has 4 rings (SSSR count). The molecule has 1 heterocycles. The van der Waals surface area contributed by atoms with E-state index in [1.54, 1.807) is 19.9 Å². The van der Waals surface area contributed by atoms with E-state index in [2.05, 4.69) is 10.3 Å². The van der Waals surface area contributed by atoms with E-state index in [9.17, 15) is 23.1 Å². The number of hydrogen-bond acceptors (Lipinski definition) is 6. The first-order chi connectivity index (χ1) is 20.8. The number of sulfone groups is 1. The second kappa shape index (κ2) is 14.2. The Balaban J connectivity index is 1.58. The molecule has 230 valence electrons. The number of aryl methyl sites for hydroxylation is 1. The third-order valence-corrected chi connectivity index (χ3v) is 8.89. The summed E-state index contributed by atoms with van der Waals surface area (Å²) in [6, 6.07) is 23.9. The van der Waals surface area contributed by atoms with E-state index in [1.807, 2.05) is 84.9 Å². The van der Waals surface area contributed by atoms with Gasteiger partial charge < -0.3 is 15.5 Å². The van der Waals surface area contributed by atoms with Crippen molar-refractivity contribution in [2.45, 2.75) is 44.8 Å². The summed E-state index contributed by atoms with van der Waals surface area (Å²) in [5, 5.41) is 24.0. The molecule has 44 heavy (non-hydrogen) atoms. The van der Waals surface area contributed by atoms with Gasteiger partial charge in [0.25, 0.3) is 0 Å². The highest BCUT2D eigenvalue weighted by atomic mass is 35.5. The molecule has 1 amide bonds. The highest BCUT2D eigenvalue weighted by Crippen LogP contribution is 2.28. The quantitative estimate of drug-likeness (QED) is 0.165. The molecule has 0 fully saturated rings. The molecule has 3 aromatic carbocycles. The summed E-state index contributed by atoms with van der Waals surface area (Å²) >= 11 is 6.13. The molecule has 0 aliphatic heterocycles. The van der Waals surface area contributed by atoms with Crippen LogP contribution >= 0.6 is 11.6 Å². The first-order valence-corrected chi connectivity index (χ1v) is 16.4. The van der Waals surface area contributed by atoms with Crippen LogP contribution < -0.4 is 5.32 Å². The number of carboxylic acid groups (broad SMARTS) is 1. The number of nitrogens with one attached hydrogen (secondary N) is 1. The van der Waals surface area contributed by atoms with Crippen molar-refractivity contribution in [3.8, 4) is 0 Å². The fourth-order valence-corrected chi connectivity index (χ4v) is 6.25. The molecule has 1 atom stereocenters. The number of pyridine rings is 1. The predicted molar refractivity (Wildman–Crippen MR) is 174 cm³/mol. The van der Waals surface area contributed by atoms with Gasteiger partial charge in [-0.25, -0.2) is 13.4 Å². The standard InChI is InChI=1S/C34H35ClN2O6S/c1-34(2,41)29-9-4-3-7-24(29)13-17-30(37-32(38)22-44(42,43)19-18-33(39)40)26-8-5-6-23(20-26)10-15-28-16-12-25-11-14-27(35)21-31(25)36-28/h3-12,14-16,20-21,30,41H,13,17-19,22H2,1-2H3,(H,37,38)(H,39,40)/b15-10+. The molecular weight excluding hydrogens is 600 g/mol. The lowest BCUT2D eigenvalue weighted by Gasteiger charge is -2.24. The summed E-state index contributed by atoms with van der Waals surface area (Å²) in [6.07, 6.45) is 4.14. The molecule has 1 unspecified atom stereocenters. The minimum absolute atomic E-state index is 0.425. The maximum absolute atomic E-state index is 12.9. The highest BCUT2D eigenvalue weighted by molar-refractivity contribution is 7.92. The second-order valence-electron chi connectivity index (χ2n) is 11.2. The molecule has 3 N–H and O–H groups in total. The van der Waals surface area contributed by atoms with Gasteiger partial charge in [-0.3, -0.25) is 9.59 Å². The van der Waals surface area contributed by atoms with Crippen LogP contribution in [0.3, 0.4) is 0 Å². The minimum atomic E-state index is -3.92. The lowest BCUT2D eigenvalue weighted by atomic mass is 9.89. The van der Waals surface area contributed by atoms with Gasteiger partial charge in [-0.2, -0.15) is 0 Å². The van der Waals surface area contributed by atoms with Gasteiger partial charge in [-0.15, -0.1) is 0 Å². The van der Waals surface area contributed by atoms with Gasteiger partial charge in [-0.05, 0) is 79.3 Å². The van der Waals surface area contributed by atoms with E-state index < -0.39 is 51.3 Å². The van der Waals surface area contributed by atoms with Crippen molar-refractivity contribution < 1.29 is 28.2 Å². The maximum Gasteiger partial charge on any atom is 0.304 e. The fraction of sp³-hybridized carbons (Fsp3) is 0.265. The van der Waals surface area contributed by atoms with E-state index in [1.165, 1.54) is 0 Å².